The van der Waals surface area contributed by atoms with Gasteiger partial charge in [-0.25, -0.2) is 12.8 Å². The van der Waals surface area contributed by atoms with Crippen molar-refractivity contribution < 1.29 is 23.0 Å². The first-order chi connectivity index (χ1) is 9.27. The number of hydrogen-bond acceptors (Lipinski definition) is 4. The number of sulfone groups is 1. The van der Waals surface area contributed by atoms with Crippen LogP contribution in [0.1, 0.15) is 25.8 Å². The van der Waals surface area contributed by atoms with E-state index in [1.807, 2.05) is 0 Å². The number of benzene rings is 1. The predicted octanol–water partition coefficient (Wildman–Crippen LogP) is 1.26. The molecule has 0 radical (unpaired) electrons. The van der Waals surface area contributed by atoms with Crippen LogP contribution in [0.5, 0.6) is 0 Å². The second-order valence-electron chi connectivity index (χ2n) is 5.27. The van der Waals surface area contributed by atoms with E-state index in [-0.39, 0.29) is 12.2 Å². The zero-order chi connectivity index (χ0) is 15.4. The molecule has 0 spiro atoms. The first-order valence-electron chi connectivity index (χ1n) is 6.47. The lowest BCUT2D eigenvalue weighted by Crippen LogP contribution is -2.37. The van der Waals surface area contributed by atoms with Crippen molar-refractivity contribution >= 4 is 9.84 Å². The zero-order valence-corrected chi connectivity index (χ0v) is 12.5. The van der Waals surface area contributed by atoms with E-state index in [4.69, 9.17) is 0 Å². The number of hydrogen-bond donors (Lipinski definition) is 2. The topological polar surface area (TPSA) is 74.6 Å². The number of aliphatic hydroxyl groups is 2. The average molecular weight is 304 g/mol. The summed E-state index contributed by atoms with van der Waals surface area (Å²) in [5.74, 6) is -0.650. The molecule has 0 bridgehead atoms. The molecule has 2 N–H and O–H groups in total. The van der Waals surface area contributed by atoms with E-state index in [0.29, 0.717) is 5.56 Å². The standard InChI is InChI=1S/C14H21FO4S/c1-11(2)20(18,19)7-6-14(9-16,10-17)12-4-3-5-13(15)8-12/h3-5,8,11,16-17H,6-7,9-10H2,1-2H3. The van der Waals surface area contributed by atoms with Crippen LogP contribution in [0.25, 0.3) is 0 Å². The van der Waals surface area contributed by atoms with Crippen LogP contribution in [0, 0.1) is 5.82 Å². The lowest BCUT2D eigenvalue weighted by molar-refractivity contribution is 0.113. The highest BCUT2D eigenvalue weighted by Crippen LogP contribution is 2.29. The Hall–Kier alpha value is -0.980. The van der Waals surface area contributed by atoms with Gasteiger partial charge in [0.05, 0.1) is 24.2 Å². The molecule has 0 aliphatic carbocycles. The second kappa shape index (κ2) is 6.65. The molecule has 0 atom stereocenters. The van der Waals surface area contributed by atoms with Gasteiger partial charge in [0.25, 0.3) is 0 Å². The molecule has 6 heteroatoms. The fourth-order valence-corrected chi connectivity index (χ4v) is 3.07. The lowest BCUT2D eigenvalue weighted by atomic mass is 9.79. The van der Waals surface area contributed by atoms with Gasteiger partial charge in [0.15, 0.2) is 9.84 Å². The molecule has 0 saturated carbocycles. The third kappa shape index (κ3) is 3.77. The van der Waals surface area contributed by atoms with Crippen LogP contribution >= 0.6 is 0 Å². The maximum Gasteiger partial charge on any atom is 0.152 e. The summed E-state index contributed by atoms with van der Waals surface area (Å²) in [6, 6.07) is 5.53. The molecule has 20 heavy (non-hydrogen) atoms. The Kier molecular flexibility index (Phi) is 5.68. The molecule has 4 nitrogen and oxygen atoms in total. The summed E-state index contributed by atoms with van der Waals surface area (Å²) < 4.78 is 37.0. The minimum atomic E-state index is -3.29. The van der Waals surface area contributed by atoms with Gasteiger partial charge in [-0.1, -0.05) is 12.1 Å². The smallest absolute Gasteiger partial charge is 0.152 e. The summed E-state index contributed by atoms with van der Waals surface area (Å²) in [5, 5.41) is 18.6. The predicted molar refractivity (Wildman–Crippen MR) is 75.8 cm³/mol. The molecule has 0 saturated heterocycles. The van der Waals surface area contributed by atoms with Crippen molar-refractivity contribution in [1.82, 2.24) is 0 Å². The van der Waals surface area contributed by atoms with Gasteiger partial charge in [0, 0.05) is 5.41 Å². The first kappa shape index (κ1) is 17.1. The number of halogens is 1. The highest BCUT2D eigenvalue weighted by atomic mass is 32.2. The van der Waals surface area contributed by atoms with E-state index in [2.05, 4.69) is 0 Å². The Bertz CT molecular complexity index is 536. The third-order valence-corrected chi connectivity index (χ3v) is 5.84. The molecule has 1 rings (SSSR count). The quantitative estimate of drug-likeness (QED) is 0.795. The summed E-state index contributed by atoms with van der Waals surface area (Å²) in [6.45, 7) is 2.27. The summed E-state index contributed by atoms with van der Waals surface area (Å²) in [4.78, 5) is 0. The van der Waals surface area contributed by atoms with Crippen LogP contribution < -0.4 is 0 Å². The molecule has 0 aliphatic rings. The summed E-state index contributed by atoms with van der Waals surface area (Å²) >= 11 is 0. The minimum Gasteiger partial charge on any atom is -0.395 e. The lowest BCUT2D eigenvalue weighted by Gasteiger charge is -2.30. The molecule has 0 unspecified atom stereocenters. The fourth-order valence-electron chi connectivity index (χ4n) is 1.93. The largest absolute Gasteiger partial charge is 0.395 e. The van der Waals surface area contributed by atoms with E-state index < -0.39 is 39.5 Å². The van der Waals surface area contributed by atoms with Gasteiger partial charge >= 0.3 is 0 Å². The average Bonchev–Trinajstić information content (AvgIpc) is 2.40. The molecule has 0 amide bonds. The first-order valence-corrected chi connectivity index (χ1v) is 8.18. The normalized spacial score (nSPS) is 12.9. The van der Waals surface area contributed by atoms with Gasteiger partial charge in [-0.3, -0.25) is 0 Å². The molecule has 0 aliphatic heterocycles. The summed E-state index contributed by atoms with van der Waals surface area (Å²) in [5.41, 5.74) is -0.745. The van der Waals surface area contributed by atoms with Gasteiger partial charge in [-0.2, -0.15) is 0 Å². The van der Waals surface area contributed by atoms with Crippen molar-refractivity contribution in [2.75, 3.05) is 19.0 Å². The molecule has 1 aromatic rings. The SMILES string of the molecule is CC(C)S(=O)(=O)CCC(CO)(CO)c1cccc(F)c1. The third-order valence-electron chi connectivity index (χ3n) is 3.63. The molecular formula is C14H21FO4S. The van der Waals surface area contributed by atoms with Crippen LogP contribution in [0.4, 0.5) is 4.39 Å². The fraction of sp³-hybridized carbons (Fsp3) is 0.571. The van der Waals surface area contributed by atoms with Crippen LogP contribution in [0.15, 0.2) is 24.3 Å². The Labute approximate surface area is 119 Å². The van der Waals surface area contributed by atoms with Crippen molar-refractivity contribution in [3.8, 4) is 0 Å². The maximum absolute atomic E-state index is 13.3. The Morgan fingerprint density at radius 2 is 1.85 bits per heavy atom. The van der Waals surface area contributed by atoms with Crippen LogP contribution in [-0.2, 0) is 15.3 Å². The van der Waals surface area contributed by atoms with Crippen LogP contribution in [0.3, 0.4) is 0 Å². The zero-order valence-electron chi connectivity index (χ0n) is 11.7. The van der Waals surface area contributed by atoms with Gasteiger partial charge < -0.3 is 10.2 Å². The molecule has 0 fully saturated rings. The van der Waals surface area contributed by atoms with Crippen molar-refractivity contribution in [3.63, 3.8) is 0 Å². The van der Waals surface area contributed by atoms with Crippen molar-refractivity contribution in [2.24, 2.45) is 0 Å². The summed E-state index contributed by atoms with van der Waals surface area (Å²) in [6.07, 6.45) is 0.0456. The molecule has 114 valence electrons. The van der Waals surface area contributed by atoms with E-state index >= 15 is 0 Å². The number of rotatable bonds is 7. The van der Waals surface area contributed by atoms with Crippen molar-refractivity contribution in [1.29, 1.82) is 0 Å². The van der Waals surface area contributed by atoms with Gasteiger partial charge in [0.2, 0.25) is 0 Å². The molecule has 0 aromatic heterocycles. The Morgan fingerprint density at radius 3 is 2.30 bits per heavy atom. The number of aliphatic hydroxyl groups excluding tert-OH is 2. The Balaban J connectivity index is 3.05. The van der Waals surface area contributed by atoms with Crippen molar-refractivity contribution in [3.05, 3.63) is 35.6 Å². The molecule has 1 aromatic carbocycles. The Morgan fingerprint density at radius 1 is 1.25 bits per heavy atom. The van der Waals surface area contributed by atoms with Gasteiger partial charge in [0.1, 0.15) is 5.82 Å². The second-order valence-corrected chi connectivity index (χ2v) is 7.95. The molecular weight excluding hydrogens is 283 g/mol. The van der Waals surface area contributed by atoms with E-state index in [1.165, 1.54) is 18.2 Å². The van der Waals surface area contributed by atoms with Gasteiger partial charge in [-0.05, 0) is 38.0 Å². The molecule has 0 heterocycles. The van der Waals surface area contributed by atoms with E-state index in [9.17, 15) is 23.0 Å². The van der Waals surface area contributed by atoms with Gasteiger partial charge in [-0.15, -0.1) is 0 Å². The summed E-state index contributed by atoms with van der Waals surface area (Å²) in [7, 11) is -3.29. The maximum atomic E-state index is 13.3. The van der Waals surface area contributed by atoms with Crippen molar-refractivity contribution in [2.45, 2.75) is 30.9 Å². The van der Waals surface area contributed by atoms with E-state index in [0.717, 1.165) is 0 Å². The highest BCUT2D eigenvalue weighted by Gasteiger charge is 2.33. The van der Waals surface area contributed by atoms with Crippen LogP contribution in [-0.4, -0.2) is 42.8 Å². The minimum absolute atomic E-state index is 0.0456. The van der Waals surface area contributed by atoms with Crippen LogP contribution in [0.2, 0.25) is 0 Å². The monoisotopic (exact) mass is 304 g/mol. The highest BCUT2D eigenvalue weighted by molar-refractivity contribution is 7.91. The van der Waals surface area contributed by atoms with E-state index in [1.54, 1.807) is 19.9 Å².